The second-order valence-electron chi connectivity index (χ2n) is 8.91. The van der Waals surface area contributed by atoms with Crippen LogP contribution in [-0.4, -0.2) is 42.3 Å². The Hall–Kier alpha value is -2.97. The second kappa shape index (κ2) is 9.89. The van der Waals surface area contributed by atoms with Crippen LogP contribution in [0.15, 0.2) is 54.6 Å². The lowest BCUT2D eigenvalue weighted by atomic mass is 9.89. The summed E-state index contributed by atoms with van der Waals surface area (Å²) in [4.78, 5) is 14.5. The summed E-state index contributed by atoms with van der Waals surface area (Å²) in [6, 6.07) is 17.9. The maximum absolute atomic E-state index is 12.7. The Morgan fingerprint density at radius 1 is 1.13 bits per heavy atom. The van der Waals surface area contributed by atoms with E-state index in [0.29, 0.717) is 19.6 Å². The van der Waals surface area contributed by atoms with E-state index in [1.807, 2.05) is 75.4 Å². The first-order valence-electron chi connectivity index (χ1n) is 10.7. The van der Waals surface area contributed by atoms with Gasteiger partial charge in [-0.15, -0.1) is 0 Å². The highest BCUT2D eigenvalue weighted by atomic mass is 16.6. The van der Waals surface area contributed by atoms with Gasteiger partial charge in [0.25, 0.3) is 0 Å². The van der Waals surface area contributed by atoms with Crippen LogP contribution < -0.4 is 10.1 Å². The minimum absolute atomic E-state index is 0.288. The van der Waals surface area contributed by atoms with Crippen LogP contribution in [0.4, 0.5) is 4.79 Å². The molecule has 1 N–H and O–H groups in total. The number of nitrogens with zero attached hydrogens (tertiary/aromatic N) is 1. The number of rotatable bonds is 4. The zero-order valence-corrected chi connectivity index (χ0v) is 18.9. The zero-order chi connectivity index (χ0) is 22.3. The van der Waals surface area contributed by atoms with Gasteiger partial charge in [0.2, 0.25) is 0 Å². The van der Waals surface area contributed by atoms with Crippen LogP contribution in [0.2, 0.25) is 0 Å². The maximum Gasteiger partial charge on any atom is 0.410 e. The average Bonchev–Trinajstić information content (AvgIpc) is 2.76. The van der Waals surface area contributed by atoms with E-state index in [2.05, 4.69) is 17.2 Å². The molecule has 0 spiro atoms. The summed E-state index contributed by atoms with van der Waals surface area (Å²) in [7, 11) is 1.66. The monoisotopic (exact) mass is 420 g/mol. The molecular formula is C26H32N2O3. The van der Waals surface area contributed by atoms with Gasteiger partial charge < -0.3 is 14.4 Å². The van der Waals surface area contributed by atoms with E-state index < -0.39 is 11.1 Å². The minimum atomic E-state index is -0.524. The Bertz CT molecular complexity index is 923. The molecule has 1 aliphatic heterocycles. The Morgan fingerprint density at radius 2 is 1.84 bits per heavy atom. The average molecular weight is 421 g/mol. The summed E-state index contributed by atoms with van der Waals surface area (Å²) in [5.41, 5.74) is 1.06. The number of amides is 1. The van der Waals surface area contributed by atoms with E-state index in [4.69, 9.17) is 9.47 Å². The number of carbonyl (C=O) groups is 1. The molecule has 1 heterocycles. The Labute approximate surface area is 185 Å². The Kier molecular flexibility index (Phi) is 7.25. The quantitative estimate of drug-likeness (QED) is 0.734. The van der Waals surface area contributed by atoms with Gasteiger partial charge in [0.15, 0.2) is 0 Å². The van der Waals surface area contributed by atoms with Gasteiger partial charge in [-0.25, -0.2) is 4.79 Å². The predicted octanol–water partition coefficient (Wildman–Crippen LogP) is 4.61. The van der Waals surface area contributed by atoms with Crippen molar-refractivity contribution in [3.05, 3.63) is 65.7 Å². The van der Waals surface area contributed by atoms with Crippen molar-refractivity contribution in [2.75, 3.05) is 20.2 Å². The van der Waals surface area contributed by atoms with Gasteiger partial charge >= 0.3 is 6.09 Å². The molecule has 3 rings (SSSR count). The molecule has 0 bridgehead atoms. The van der Waals surface area contributed by atoms with Crippen LogP contribution in [0.5, 0.6) is 5.75 Å². The number of likely N-dealkylation sites (tertiary alicyclic amines) is 1. The molecule has 2 aromatic carbocycles. The molecule has 5 heteroatoms. The molecule has 31 heavy (non-hydrogen) atoms. The SMILES string of the molecule is COc1ccc(CNC2(C#Cc3ccccc3)CCCN(C(=O)OC(C)(C)C)C2)cc1. The number of methoxy groups -OCH3 is 1. The summed E-state index contributed by atoms with van der Waals surface area (Å²) in [6.07, 6.45) is 1.44. The van der Waals surface area contributed by atoms with E-state index in [1.54, 1.807) is 12.0 Å². The van der Waals surface area contributed by atoms with E-state index in [0.717, 1.165) is 29.7 Å². The zero-order valence-electron chi connectivity index (χ0n) is 18.9. The molecule has 1 unspecified atom stereocenters. The molecule has 164 valence electrons. The van der Waals surface area contributed by atoms with Gasteiger partial charge in [-0.3, -0.25) is 5.32 Å². The van der Waals surface area contributed by atoms with E-state index in [9.17, 15) is 4.79 Å². The van der Waals surface area contributed by atoms with E-state index in [1.165, 1.54) is 0 Å². The van der Waals surface area contributed by atoms with Crippen LogP contribution in [0.3, 0.4) is 0 Å². The largest absolute Gasteiger partial charge is 0.497 e. The van der Waals surface area contributed by atoms with E-state index >= 15 is 0 Å². The van der Waals surface area contributed by atoms with Gasteiger partial charge in [-0.1, -0.05) is 42.2 Å². The molecule has 1 fully saturated rings. The van der Waals surface area contributed by atoms with Crippen LogP contribution in [0, 0.1) is 11.8 Å². The normalized spacial score (nSPS) is 18.6. The summed E-state index contributed by atoms with van der Waals surface area (Å²) in [5.74, 6) is 7.59. The smallest absolute Gasteiger partial charge is 0.410 e. The first-order valence-corrected chi connectivity index (χ1v) is 10.7. The second-order valence-corrected chi connectivity index (χ2v) is 8.91. The molecular weight excluding hydrogens is 388 g/mol. The molecule has 0 saturated carbocycles. The van der Waals surface area contributed by atoms with Crippen molar-refractivity contribution >= 4 is 6.09 Å². The van der Waals surface area contributed by atoms with E-state index in [-0.39, 0.29) is 6.09 Å². The third-order valence-electron chi connectivity index (χ3n) is 5.15. The van der Waals surface area contributed by atoms with Gasteiger partial charge in [0.1, 0.15) is 11.4 Å². The third-order valence-corrected chi connectivity index (χ3v) is 5.15. The van der Waals surface area contributed by atoms with Crippen LogP contribution in [-0.2, 0) is 11.3 Å². The lowest BCUT2D eigenvalue weighted by Crippen LogP contribution is -2.57. The molecule has 0 radical (unpaired) electrons. The first-order chi connectivity index (χ1) is 14.8. The lowest BCUT2D eigenvalue weighted by Gasteiger charge is -2.40. The highest BCUT2D eigenvalue weighted by molar-refractivity contribution is 5.68. The lowest BCUT2D eigenvalue weighted by molar-refractivity contribution is 0.0151. The van der Waals surface area contributed by atoms with Crippen molar-refractivity contribution in [1.82, 2.24) is 10.2 Å². The Morgan fingerprint density at radius 3 is 2.48 bits per heavy atom. The van der Waals surface area contributed by atoms with Crippen molar-refractivity contribution in [3.8, 4) is 17.6 Å². The highest BCUT2D eigenvalue weighted by Crippen LogP contribution is 2.24. The Balaban J connectivity index is 1.81. The third kappa shape index (κ3) is 6.77. The van der Waals surface area contributed by atoms with Gasteiger partial charge in [-0.2, -0.15) is 0 Å². The fourth-order valence-electron chi connectivity index (χ4n) is 3.56. The minimum Gasteiger partial charge on any atom is -0.497 e. The molecule has 1 amide bonds. The fraction of sp³-hybridized carbons (Fsp3) is 0.423. The molecule has 5 nitrogen and oxygen atoms in total. The molecule has 1 atom stereocenters. The summed E-state index contributed by atoms with van der Waals surface area (Å²) in [6.45, 7) is 7.47. The van der Waals surface area contributed by atoms with Crippen LogP contribution in [0.25, 0.3) is 0 Å². The van der Waals surface area contributed by atoms with Crippen LogP contribution in [0.1, 0.15) is 44.7 Å². The molecule has 0 aliphatic carbocycles. The number of carbonyl (C=O) groups excluding carboxylic acids is 1. The maximum atomic E-state index is 12.7. The van der Waals surface area contributed by atoms with Crippen LogP contribution >= 0.6 is 0 Å². The fourth-order valence-corrected chi connectivity index (χ4v) is 3.56. The highest BCUT2D eigenvalue weighted by Gasteiger charge is 2.37. The number of ether oxygens (including phenoxy) is 2. The number of nitrogens with one attached hydrogen (secondary N) is 1. The van der Waals surface area contributed by atoms with Crippen molar-refractivity contribution in [2.45, 2.75) is 51.3 Å². The molecule has 0 aromatic heterocycles. The summed E-state index contributed by atoms with van der Waals surface area (Å²) >= 11 is 0. The number of hydrogen-bond acceptors (Lipinski definition) is 4. The number of benzene rings is 2. The predicted molar refractivity (Wildman–Crippen MR) is 123 cm³/mol. The molecule has 1 saturated heterocycles. The summed E-state index contributed by atoms with van der Waals surface area (Å²) in [5, 5.41) is 3.64. The number of hydrogen-bond donors (Lipinski definition) is 1. The number of piperidine rings is 1. The standard InChI is InChI=1S/C26H32N2O3/c1-25(2,3)31-24(29)28-18-8-16-26(20-28,17-15-21-9-6-5-7-10-21)27-19-22-11-13-23(30-4)14-12-22/h5-7,9-14,27H,8,16,18-20H2,1-4H3. The van der Waals surface area contributed by atoms with Gasteiger partial charge in [-0.05, 0) is 63.4 Å². The molecule has 1 aliphatic rings. The first kappa shape index (κ1) is 22.7. The van der Waals surface area contributed by atoms with Crippen molar-refractivity contribution < 1.29 is 14.3 Å². The molecule has 2 aromatic rings. The van der Waals surface area contributed by atoms with Crippen molar-refractivity contribution in [3.63, 3.8) is 0 Å². The van der Waals surface area contributed by atoms with Gasteiger partial charge in [0, 0.05) is 18.7 Å². The topological polar surface area (TPSA) is 50.8 Å². The van der Waals surface area contributed by atoms with Crippen molar-refractivity contribution in [2.24, 2.45) is 0 Å². The van der Waals surface area contributed by atoms with Gasteiger partial charge in [0.05, 0.1) is 19.2 Å². The summed E-state index contributed by atoms with van der Waals surface area (Å²) < 4.78 is 10.9. The van der Waals surface area contributed by atoms with Crippen molar-refractivity contribution in [1.29, 1.82) is 0 Å².